The molecule has 11 nitrogen and oxygen atoms in total. The molecule has 0 saturated carbocycles. The zero-order valence-corrected chi connectivity index (χ0v) is 14.6. The number of esters is 1. The predicted octanol–water partition coefficient (Wildman–Crippen LogP) is -0.512. The largest absolute Gasteiger partial charge is 0.463 e. The zero-order valence-electron chi connectivity index (χ0n) is 14.6. The highest BCUT2D eigenvalue weighted by atomic mass is 16.7. The highest BCUT2D eigenvalue weighted by molar-refractivity contribution is 5.73. The first-order chi connectivity index (χ1) is 12.7. The van der Waals surface area contributed by atoms with Crippen molar-refractivity contribution in [3.63, 3.8) is 0 Å². The number of amides is 1. The van der Waals surface area contributed by atoms with Crippen LogP contribution in [0.25, 0.3) is 0 Å². The molecule has 1 aromatic carbocycles. The van der Waals surface area contributed by atoms with E-state index >= 15 is 0 Å². The Morgan fingerprint density at radius 2 is 1.93 bits per heavy atom. The first-order valence-electron chi connectivity index (χ1n) is 8.02. The monoisotopic (exact) mass is 384 g/mol. The van der Waals surface area contributed by atoms with Crippen molar-refractivity contribution in [3.05, 3.63) is 34.4 Å². The first-order valence-corrected chi connectivity index (χ1v) is 8.02. The Labute approximate surface area is 154 Å². The number of benzene rings is 1. The van der Waals surface area contributed by atoms with Crippen LogP contribution in [0, 0.1) is 10.1 Å². The lowest BCUT2D eigenvalue weighted by atomic mass is 9.96. The van der Waals surface area contributed by atoms with Gasteiger partial charge in [0.05, 0.1) is 11.5 Å². The number of hydrogen-bond acceptors (Lipinski definition) is 9. The third-order valence-corrected chi connectivity index (χ3v) is 3.83. The molecule has 27 heavy (non-hydrogen) atoms. The minimum atomic E-state index is -1.41. The number of aliphatic hydroxyl groups is 2. The molecule has 0 spiro atoms. The van der Waals surface area contributed by atoms with Gasteiger partial charge in [0.1, 0.15) is 24.0 Å². The van der Waals surface area contributed by atoms with Gasteiger partial charge >= 0.3 is 5.97 Å². The molecule has 1 aromatic rings. The summed E-state index contributed by atoms with van der Waals surface area (Å²) in [7, 11) is 0. The van der Waals surface area contributed by atoms with E-state index in [9.17, 15) is 29.9 Å². The summed E-state index contributed by atoms with van der Waals surface area (Å²) in [6, 6.07) is 4.00. The standard InChI is InChI=1S/C16H20N2O9/c1-8(20)17-13-15(25-9(2)21)14(22)12(7-19)27-16(13)26-11-5-3-10(4-6-11)18(23)24/h3-6,12-16,19,22H,7H2,1-2H3,(H,17,20)/t12-,13-,14-,15-,16-/m0/s1. The van der Waals surface area contributed by atoms with Crippen LogP contribution in [0.3, 0.4) is 0 Å². The summed E-state index contributed by atoms with van der Waals surface area (Å²) in [5.41, 5.74) is -0.147. The maximum absolute atomic E-state index is 11.5. The van der Waals surface area contributed by atoms with Crippen LogP contribution in [0.1, 0.15) is 13.8 Å². The maximum Gasteiger partial charge on any atom is 0.303 e. The van der Waals surface area contributed by atoms with E-state index in [1.807, 2.05) is 0 Å². The number of carbonyl (C=O) groups is 2. The molecule has 2 rings (SSSR count). The predicted molar refractivity (Wildman–Crippen MR) is 88.6 cm³/mol. The van der Waals surface area contributed by atoms with Crippen molar-refractivity contribution in [3.8, 4) is 5.75 Å². The highest BCUT2D eigenvalue weighted by Gasteiger charge is 2.48. The summed E-state index contributed by atoms with van der Waals surface area (Å²) >= 11 is 0. The lowest BCUT2D eigenvalue weighted by molar-refractivity contribution is -0.384. The average molecular weight is 384 g/mol. The van der Waals surface area contributed by atoms with Crippen molar-refractivity contribution in [2.24, 2.45) is 0 Å². The number of nitrogens with one attached hydrogen (secondary N) is 1. The molecular formula is C16H20N2O9. The Morgan fingerprint density at radius 1 is 1.30 bits per heavy atom. The van der Waals surface area contributed by atoms with Crippen LogP contribution in [0.5, 0.6) is 5.75 Å². The van der Waals surface area contributed by atoms with Crippen molar-refractivity contribution in [2.45, 2.75) is 44.5 Å². The number of non-ortho nitro benzene ring substituents is 1. The number of hydrogen-bond donors (Lipinski definition) is 3. The number of aliphatic hydroxyl groups excluding tert-OH is 2. The number of carbonyl (C=O) groups excluding carboxylic acids is 2. The van der Waals surface area contributed by atoms with Gasteiger partial charge in [0.2, 0.25) is 12.2 Å². The minimum Gasteiger partial charge on any atom is -0.463 e. The van der Waals surface area contributed by atoms with Crippen molar-refractivity contribution in [1.29, 1.82) is 0 Å². The molecule has 1 fully saturated rings. The van der Waals surface area contributed by atoms with Crippen LogP contribution in [-0.4, -0.2) is 64.3 Å². The van der Waals surface area contributed by atoms with E-state index in [4.69, 9.17) is 14.2 Å². The topological polar surface area (TPSA) is 157 Å². The van der Waals surface area contributed by atoms with E-state index in [0.29, 0.717) is 0 Å². The summed E-state index contributed by atoms with van der Waals surface area (Å²) < 4.78 is 16.2. The third kappa shape index (κ3) is 5.12. The molecule has 5 atom stereocenters. The van der Waals surface area contributed by atoms with Gasteiger partial charge in [-0.2, -0.15) is 0 Å². The van der Waals surface area contributed by atoms with Gasteiger partial charge in [-0.15, -0.1) is 0 Å². The number of ether oxygens (including phenoxy) is 3. The smallest absolute Gasteiger partial charge is 0.303 e. The molecule has 1 heterocycles. The Kier molecular flexibility index (Phi) is 6.66. The van der Waals surface area contributed by atoms with Gasteiger partial charge < -0.3 is 29.7 Å². The molecule has 0 aliphatic carbocycles. The van der Waals surface area contributed by atoms with Gasteiger partial charge in [0.25, 0.3) is 5.69 Å². The van der Waals surface area contributed by atoms with Crippen molar-refractivity contribution < 1.29 is 38.9 Å². The quantitative estimate of drug-likeness (QED) is 0.334. The van der Waals surface area contributed by atoms with Gasteiger partial charge in [-0.05, 0) is 12.1 Å². The molecular weight excluding hydrogens is 364 g/mol. The molecule has 0 unspecified atom stereocenters. The van der Waals surface area contributed by atoms with Gasteiger partial charge in [0.15, 0.2) is 6.10 Å². The normalized spacial score (nSPS) is 27.5. The molecule has 3 N–H and O–H groups in total. The lowest BCUT2D eigenvalue weighted by Crippen LogP contribution is -2.66. The second-order valence-corrected chi connectivity index (χ2v) is 5.89. The molecule has 1 aliphatic rings. The summed E-state index contributed by atoms with van der Waals surface area (Å²) in [4.78, 5) is 33.1. The second kappa shape index (κ2) is 8.75. The molecule has 0 radical (unpaired) electrons. The summed E-state index contributed by atoms with van der Waals surface area (Å²) in [6.45, 7) is 1.76. The number of rotatable bonds is 6. The Bertz CT molecular complexity index is 694. The van der Waals surface area contributed by atoms with E-state index in [-0.39, 0.29) is 11.4 Å². The Hall–Kier alpha value is -2.76. The fourth-order valence-corrected chi connectivity index (χ4v) is 2.67. The van der Waals surface area contributed by atoms with E-state index < -0.39 is 54.1 Å². The fraction of sp³-hybridized carbons (Fsp3) is 0.500. The summed E-state index contributed by atoms with van der Waals surface area (Å²) in [5, 5.41) is 32.9. The molecule has 0 aromatic heterocycles. The van der Waals surface area contributed by atoms with Gasteiger partial charge in [0, 0.05) is 26.0 Å². The molecule has 11 heteroatoms. The van der Waals surface area contributed by atoms with E-state index in [1.165, 1.54) is 31.2 Å². The maximum atomic E-state index is 11.5. The number of nitrogens with zero attached hydrogens (tertiary/aromatic N) is 1. The third-order valence-electron chi connectivity index (χ3n) is 3.83. The molecule has 148 valence electrons. The fourth-order valence-electron chi connectivity index (χ4n) is 2.67. The second-order valence-electron chi connectivity index (χ2n) is 5.89. The van der Waals surface area contributed by atoms with Gasteiger partial charge in [-0.1, -0.05) is 0 Å². The summed E-state index contributed by atoms with van der Waals surface area (Å²) in [6.07, 6.45) is -5.02. The average Bonchev–Trinajstić information content (AvgIpc) is 2.60. The van der Waals surface area contributed by atoms with Crippen LogP contribution >= 0.6 is 0 Å². The molecule has 0 bridgehead atoms. The highest BCUT2D eigenvalue weighted by Crippen LogP contribution is 2.27. The number of nitro groups is 1. The van der Waals surface area contributed by atoms with Crippen molar-refractivity contribution in [1.82, 2.24) is 5.32 Å². The Balaban J connectivity index is 2.29. The van der Waals surface area contributed by atoms with E-state index in [1.54, 1.807) is 0 Å². The van der Waals surface area contributed by atoms with Gasteiger partial charge in [-0.3, -0.25) is 19.7 Å². The van der Waals surface area contributed by atoms with E-state index in [0.717, 1.165) is 6.92 Å². The minimum absolute atomic E-state index is 0.147. The van der Waals surface area contributed by atoms with E-state index in [2.05, 4.69) is 5.32 Å². The van der Waals surface area contributed by atoms with Crippen molar-refractivity contribution >= 4 is 17.6 Å². The van der Waals surface area contributed by atoms with Crippen LogP contribution in [-0.2, 0) is 19.1 Å². The van der Waals surface area contributed by atoms with Crippen LogP contribution < -0.4 is 10.1 Å². The number of nitro benzene ring substituents is 1. The van der Waals surface area contributed by atoms with Crippen LogP contribution in [0.4, 0.5) is 5.69 Å². The van der Waals surface area contributed by atoms with Crippen molar-refractivity contribution in [2.75, 3.05) is 6.61 Å². The first kappa shape index (κ1) is 20.6. The summed E-state index contributed by atoms with van der Waals surface area (Å²) in [5.74, 6) is -1.02. The SMILES string of the molecule is CC(=O)N[C@@H]1[C@@H](Oc2ccc([N+](=O)[O-])cc2)O[C@@H](CO)[C@H](O)[C@H]1OC(C)=O. The van der Waals surface area contributed by atoms with Crippen LogP contribution in [0.2, 0.25) is 0 Å². The molecule has 1 aliphatic heterocycles. The molecule has 1 saturated heterocycles. The Morgan fingerprint density at radius 3 is 2.41 bits per heavy atom. The lowest BCUT2D eigenvalue weighted by Gasteiger charge is -2.43. The molecule has 1 amide bonds. The van der Waals surface area contributed by atoms with Gasteiger partial charge in [-0.25, -0.2) is 0 Å². The van der Waals surface area contributed by atoms with Crippen LogP contribution in [0.15, 0.2) is 24.3 Å². The zero-order chi connectivity index (χ0) is 20.1.